The van der Waals surface area contributed by atoms with Gasteiger partial charge in [-0.2, -0.15) is 0 Å². The van der Waals surface area contributed by atoms with Crippen molar-refractivity contribution in [2.24, 2.45) is 5.41 Å². The minimum Gasteiger partial charge on any atom is -0.390 e. The molecule has 2 fully saturated rings. The summed E-state index contributed by atoms with van der Waals surface area (Å²) in [5, 5.41) is 20.4. The van der Waals surface area contributed by atoms with Crippen LogP contribution in [0, 0.1) is 11.2 Å². The summed E-state index contributed by atoms with van der Waals surface area (Å²) in [6, 6.07) is 7.84. The molecule has 0 unspecified atom stereocenters. The zero-order valence-electron chi connectivity index (χ0n) is 21.3. The maximum absolute atomic E-state index is 15.6. The minimum atomic E-state index is -1.29. The van der Waals surface area contributed by atoms with Crippen LogP contribution in [0.2, 0.25) is 10.0 Å². The van der Waals surface area contributed by atoms with E-state index in [1.165, 1.54) is 18.2 Å². The zero-order valence-corrected chi connectivity index (χ0v) is 22.8. The van der Waals surface area contributed by atoms with Crippen LogP contribution < -0.4 is 16.0 Å². The lowest BCUT2D eigenvalue weighted by Gasteiger charge is -2.42. The predicted molar refractivity (Wildman–Crippen MR) is 142 cm³/mol. The van der Waals surface area contributed by atoms with Crippen molar-refractivity contribution in [2.45, 2.75) is 82.0 Å². The number of aliphatic hydroxyl groups is 1. The summed E-state index contributed by atoms with van der Waals surface area (Å²) in [5.74, 6) is -2.07. The third kappa shape index (κ3) is 4.54. The lowest BCUT2D eigenvalue weighted by molar-refractivity contribution is -0.127. The van der Waals surface area contributed by atoms with Crippen LogP contribution in [0.25, 0.3) is 0 Å². The van der Waals surface area contributed by atoms with Gasteiger partial charge in [0, 0.05) is 33.7 Å². The smallest absolute Gasteiger partial charge is 0.238 e. The van der Waals surface area contributed by atoms with Crippen molar-refractivity contribution in [2.75, 3.05) is 5.32 Å². The molecule has 2 aromatic carbocycles. The van der Waals surface area contributed by atoms with E-state index < -0.39 is 34.8 Å². The summed E-state index contributed by atoms with van der Waals surface area (Å²) < 4.78 is 15.6. The molecule has 37 heavy (non-hydrogen) atoms. The molecule has 1 aliphatic carbocycles. The first-order chi connectivity index (χ1) is 17.2. The van der Waals surface area contributed by atoms with Crippen molar-refractivity contribution < 1.29 is 19.1 Å². The van der Waals surface area contributed by atoms with Crippen molar-refractivity contribution in [3.8, 4) is 0 Å². The third-order valence-electron chi connectivity index (χ3n) is 7.92. The van der Waals surface area contributed by atoms with E-state index in [4.69, 9.17) is 23.2 Å². The highest BCUT2D eigenvalue weighted by Crippen LogP contribution is 2.57. The summed E-state index contributed by atoms with van der Waals surface area (Å²) >= 11 is 12.6. The van der Waals surface area contributed by atoms with E-state index >= 15 is 4.39 Å². The molecule has 4 atom stereocenters. The number of hydrogen-bond donors (Lipinski definition) is 4. The van der Waals surface area contributed by atoms with Crippen LogP contribution >= 0.6 is 23.2 Å². The lowest BCUT2D eigenvalue weighted by atomic mass is 9.62. The highest BCUT2D eigenvalue weighted by Gasteiger charge is 2.66. The number of amides is 2. The molecule has 4 N–H and O–H groups in total. The first-order valence-electron chi connectivity index (χ1n) is 12.6. The molecule has 0 radical (unpaired) electrons. The number of benzene rings is 2. The molecule has 0 bridgehead atoms. The maximum Gasteiger partial charge on any atom is 0.238 e. The monoisotopic (exact) mass is 547 g/mol. The Balaban J connectivity index is 1.69. The second-order valence-electron chi connectivity index (χ2n) is 12.2. The highest BCUT2D eigenvalue weighted by atomic mass is 35.5. The molecule has 2 aliphatic heterocycles. The molecule has 198 valence electrons. The number of rotatable bonds is 4. The van der Waals surface area contributed by atoms with Gasteiger partial charge in [-0.1, -0.05) is 50.0 Å². The van der Waals surface area contributed by atoms with Crippen molar-refractivity contribution in [3.05, 3.63) is 63.4 Å². The van der Waals surface area contributed by atoms with E-state index in [1.807, 2.05) is 0 Å². The summed E-state index contributed by atoms with van der Waals surface area (Å²) in [7, 11) is 0. The Kier molecular flexibility index (Phi) is 6.38. The number of nitrogens with one attached hydrogen (secondary N) is 3. The standard InChI is InChI=1S/C28H32Cl2FN3O3/c1-26(2,3)13-21-28(18-7-5-15(30)10-20(18)33-25(28)36)22(17-9-14(29)6-8-19(17)31)23(34-21)24(35)32-16-11-27(4,37)12-16/h5-10,16,21-23,34,37H,11-13H2,1-4H3,(H,32,35)(H,33,36)/t16?,21-,22-,23+,27?,28+/m0/s1. The van der Waals surface area contributed by atoms with Gasteiger partial charge in [-0.05, 0) is 73.1 Å². The molecule has 0 aromatic heterocycles. The van der Waals surface area contributed by atoms with E-state index in [0.29, 0.717) is 40.6 Å². The highest BCUT2D eigenvalue weighted by molar-refractivity contribution is 6.31. The van der Waals surface area contributed by atoms with Gasteiger partial charge in [-0.25, -0.2) is 4.39 Å². The zero-order chi connectivity index (χ0) is 26.9. The Bertz CT molecular complexity index is 1270. The fourth-order valence-corrected chi connectivity index (χ4v) is 6.89. The van der Waals surface area contributed by atoms with E-state index in [9.17, 15) is 14.7 Å². The van der Waals surface area contributed by atoms with E-state index in [0.717, 1.165) is 0 Å². The molecule has 9 heteroatoms. The Morgan fingerprint density at radius 3 is 2.46 bits per heavy atom. The molecule has 2 amide bonds. The van der Waals surface area contributed by atoms with Crippen molar-refractivity contribution >= 4 is 40.7 Å². The van der Waals surface area contributed by atoms with Crippen molar-refractivity contribution in [1.82, 2.24) is 10.6 Å². The Morgan fingerprint density at radius 1 is 1.16 bits per heavy atom. The van der Waals surface area contributed by atoms with Crippen LogP contribution in [-0.4, -0.2) is 40.6 Å². The van der Waals surface area contributed by atoms with Gasteiger partial charge >= 0.3 is 0 Å². The van der Waals surface area contributed by atoms with Gasteiger partial charge in [0.25, 0.3) is 0 Å². The van der Waals surface area contributed by atoms with Crippen LogP contribution in [-0.2, 0) is 15.0 Å². The number of hydrogen-bond acceptors (Lipinski definition) is 4. The van der Waals surface area contributed by atoms with Crippen LogP contribution in [0.5, 0.6) is 0 Å². The van der Waals surface area contributed by atoms with Gasteiger partial charge in [0.05, 0.1) is 11.6 Å². The van der Waals surface area contributed by atoms with Crippen LogP contribution in [0.4, 0.5) is 10.1 Å². The Labute approximate surface area is 226 Å². The SMILES string of the molecule is CC(C)(C)C[C@@H]1N[C@@H](C(=O)NC2CC(C)(O)C2)[C@H](c2cc(Cl)ccc2F)[C@]12C(=O)Nc1cc(Cl)ccc12. The molecule has 1 saturated carbocycles. The second kappa shape index (κ2) is 8.94. The fraction of sp³-hybridized carbons (Fsp3) is 0.500. The summed E-state index contributed by atoms with van der Waals surface area (Å²) in [4.78, 5) is 27.9. The molecule has 2 aromatic rings. The average Bonchev–Trinajstić information content (AvgIpc) is 3.22. The van der Waals surface area contributed by atoms with E-state index in [1.54, 1.807) is 25.1 Å². The topological polar surface area (TPSA) is 90.5 Å². The normalized spacial score (nSPS) is 32.7. The molecule has 6 nitrogen and oxygen atoms in total. The largest absolute Gasteiger partial charge is 0.390 e. The predicted octanol–water partition coefficient (Wildman–Crippen LogP) is 4.91. The van der Waals surface area contributed by atoms with Gasteiger partial charge < -0.3 is 21.1 Å². The number of carbonyl (C=O) groups is 2. The summed E-state index contributed by atoms with van der Waals surface area (Å²) in [6.07, 6.45) is 1.41. The van der Waals surface area contributed by atoms with E-state index in [2.05, 4.69) is 36.7 Å². The number of fused-ring (bicyclic) bond motifs is 2. The quantitative estimate of drug-likeness (QED) is 0.437. The van der Waals surface area contributed by atoms with Gasteiger partial charge in [-0.3, -0.25) is 9.59 Å². The molecule has 3 aliphatic rings. The molecular weight excluding hydrogens is 516 g/mol. The fourth-order valence-electron chi connectivity index (χ4n) is 6.54. The van der Waals surface area contributed by atoms with Crippen LogP contribution in [0.15, 0.2) is 36.4 Å². The molecule has 2 heterocycles. The lowest BCUT2D eigenvalue weighted by Crippen LogP contribution is -2.57. The minimum absolute atomic E-state index is 0.199. The molecule has 1 spiro atoms. The van der Waals surface area contributed by atoms with Gasteiger partial charge in [0.1, 0.15) is 11.2 Å². The van der Waals surface area contributed by atoms with Gasteiger partial charge in [-0.15, -0.1) is 0 Å². The molecule has 5 rings (SSSR count). The van der Waals surface area contributed by atoms with Crippen LogP contribution in [0.3, 0.4) is 0 Å². The maximum atomic E-state index is 15.6. The van der Waals surface area contributed by atoms with Crippen LogP contribution in [0.1, 0.15) is 64.0 Å². The second-order valence-corrected chi connectivity index (χ2v) is 13.1. The summed E-state index contributed by atoms with van der Waals surface area (Å²) in [6.45, 7) is 7.93. The van der Waals surface area contributed by atoms with Crippen molar-refractivity contribution in [3.63, 3.8) is 0 Å². The molecule has 1 saturated heterocycles. The number of carbonyl (C=O) groups excluding carboxylic acids is 2. The Morgan fingerprint density at radius 2 is 1.81 bits per heavy atom. The van der Waals surface area contributed by atoms with Gasteiger partial charge in [0.2, 0.25) is 11.8 Å². The first-order valence-corrected chi connectivity index (χ1v) is 13.3. The van der Waals surface area contributed by atoms with Crippen molar-refractivity contribution in [1.29, 1.82) is 0 Å². The third-order valence-corrected chi connectivity index (χ3v) is 8.39. The van der Waals surface area contributed by atoms with Gasteiger partial charge in [0.15, 0.2) is 0 Å². The molecular formula is C28H32Cl2FN3O3. The first kappa shape index (κ1) is 26.4. The number of anilines is 1. The average molecular weight is 548 g/mol. The Hall–Kier alpha value is -2.19. The van der Waals surface area contributed by atoms with E-state index in [-0.39, 0.29) is 28.8 Å². The number of halogens is 3. The summed E-state index contributed by atoms with van der Waals surface area (Å²) in [5.41, 5.74) is -0.882.